The van der Waals surface area contributed by atoms with Gasteiger partial charge in [0.2, 0.25) is 0 Å². The number of benzene rings is 2. The van der Waals surface area contributed by atoms with Gasteiger partial charge in [-0.05, 0) is 65.4 Å². The third-order valence-electron chi connectivity index (χ3n) is 5.40. The van der Waals surface area contributed by atoms with Crippen LogP contribution in [0.1, 0.15) is 45.8 Å². The van der Waals surface area contributed by atoms with Gasteiger partial charge < -0.3 is 14.7 Å². The number of amides is 1. The molecule has 0 radical (unpaired) electrons. The van der Waals surface area contributed by atoms with Crippen molar-refractivity contribution in [1.82, 2.24) is 4.90 Å². The molecule has 1 amide bonds. The van der Waals surface area contributed by atoms with Gasteiger partial charge >= 0.3 is 24.4 Å². The van der Waals surface area contributed by atoms with Crippen LogP contribution in [-0.2, 0) is 34.9 Å². The average molecular weight is 487 g/mol. The van der Waals surface area contributed by atoms with Gasteiger partial charge in [0.1, 0.15) is 6.61 Å². The van der Waals surface area contributed by atoms with E-state index in [1.54, 1.807) is 18.2 Å². The van der Waals surface area contributed by atoms with Crippen molar-refractivity contribution in [1.29, 1.82) is 0 Å². The second kappa shape index (κ2) is 9.40. The van der Waals surface area contributed by atoms with Crippen molar-refractivity contribution in [3.8, 4) is 0 Å². The van der Waals surface area contributed by atoms with Gasteiger partial charge in [-0.2, -0.15) is 26.3 Å². The summed E-state index contributed by atoms with van der Waals surface area (Å²) in [6.07, 6.45) is -7.42. The molecule has 1 unspecified atom stereocenters. The fourth-order valence-electron chi connectivity index (χ4n) is 3.75. The Morgan fingerprint density at radius 3 is 2.24 bits per heavy atom. The van der Waals surface area contributed by atoms with Crippen LogP contribution in [0.5, 0.6) is 0 Å². The number of aliphatic carboxylic acids is 1. The lowest BCUT2D eigenvalue weighted by Crippen LogP contribution is -2.30. The monoisotopic (exact) mass is 487 g/mol. The number of halogens is 6. The van der Waals surface area contributed by atoms with Crippen LogP contribution in [-0.4, -0.2) is 29.1 Å². The first-order valence-corrected chi connectivity index (χ1v) is 9.97. The van der Waals surface area contributed by atoms with E-state index in [0.717, 1.165) is 17.2 Å². The number of nitrogens with zero attached hydrogens (tertiary/aromatic N) is 1. The SMILES string of the molecule is CN(C(=O)OCc1cc(C(F)(F)F)cc(C(F)(F)F)c1)C1CCc2ccc(/C=C/C(=O)O)cc21. The molecule has 182 valence electrons. The molecule has 0 aromatic heterocycles. The lowest BCUT2D eigenvalue weighted by molar-refractivity contribution is -0.143. The van der Waals surface area contributed by atoms with Gasteiger partial charge in [0.15, 0.2) is 0 Å². The highest BCUT2D eigenvalue weighted by molar-refractivity contribution is 5.85. The zero-order chi connectivity index (χ0) is 25.3. The first-order valence-electron chi connectivity index (χ1n) is 9.97. The zero-order valence-corrected chi connectivity index (χ0v) is 17.7. The molecule has 0 bridgehead atoms. The van der Waals surface area contributed by atoms with Crippen LogP contribution in [0.25, 0.3) is 6.08 Å². The first kappa shape index (κ1) is 25.1. The molecule has 34 heavy (non-hydrogen) atoms. The standard InChI is InChI=1S/C23H19F6NO4/c1-30(19-6-5-15-4-2-13(10-18(15)19)3-7-20(31)32)21(33)34-12-14-8-16(22(24,25)26)11-17(9-14)23(27,28)29/h2-4,7-11,19H,5-6,12H2,1H3,(H,31,32)/b7-3+. The molecule has 11 heteroatoms. The molecule has 0 saturated carbocycles. The number of carbonyl (C=O) groups excluding carboxylic acids is 1. The van der Waals surface area contributed by atoms with Crippen molar-refractivity contribution in [2.75, 3.05) is 7.05 Å². The van der Waals surface area contributed by atoms with E-state index in [-0.39, 0.29) is 6.07 Å². The second-order valence-electron chi connectivity index (χ2n) is 7.76. The van der Waals surface area contributed by atoms with Crippen molar-refractivity contribution in [2.45, 2.75) is 37.8 Å². The Balaban J connectivity index is 1.76. The summed E-state index contributed by atoms with van der Waals surface area (Å²) >= 11 is 0. The molecular weight excluding hydrogens is 468 g/mol. The molecule has 0 fully saturated rings. The number of fused-ring (bicyclic) bond motifs is 1. The first-order chi connectivity index (χ1) is 15.8. The maximum absolute atomic E-state index is 13.0. The third kappa shape index (κ3) is 5.89. The highest BCUT2D eigenvalue weighted by atomic mass is 19.4. The van der Waals surface area contributed by atoms with Crippen molar-refractivity contribution in [2.24, 2.45) is 0 Å². The van der Waals surface area contributed by atoms with Gasteiger partial charge in [-0.1, -0.05) is 12.1 Å². The number of hydrogen-bond donors (Lipinski definition) is 1. The predicted octanol–water partition coefficient (Wildman–Crippen LogP) is 6.08. The maximum Gasteiger partial charge on any atom is 0.416 e. The largest absolute Gasteiger partial charge is 0.478 e. The van der Waals surface area contributed by atoms with Crippen LogP contribution in [0.2, 0.25) is 0 Å². The lowest BCUT2D eigenvalue weighted by Gasteiger charge is -2.25. The van der Waals surface area contributed by atoms with Crippen LogP contribution in [0.3, 0.4) is 0 Å². The fourth-order valence-corrected chi connectivity index (χ4v) is 3.75. The molecule has 1 N–H and O–H groups in total. The van der Waals surface area contributed by atoms with E-state index in [1.807, 2.05) is 0 Å². The molecule has 2 aromatic carbocycles. The molecule has 5 nitrogen and oxygen atoms in total. The van der Waals surface area contributed by atoms with Gasteiger partial charge in [-0.3, -0.25) is 0 Å². The molecule has 1 aliphatic carbocycles. The Kier molecular flexibility index (Phi) is 6.94. The summed E-state index contributed by atoms with van der Waals surface area (Å²) in [6.45, 7) is -0.781. The summed E-state index contributed by atoms with van der Waals surface area (Å²) in [6, 6.07) is 5.82. The Morgan fingerprint density at radius 2 is 1.68 bits per heavy atom. The number of carboxylic acids is 1. The van der Waals surface area contributed by atoms with Gasteiger partial charge in [0.25, 0.3) is 0 Å². The average Bonchev–Trinajstić information content (AvgIpc) is 3.17. The highest BCUT2D eigenvalue weighted by Gasteiger charge is 2.37. The van der Waals surface area contributed by atoms with E-state index in [4.69, 9.17) is 9.84 Å². The van der Waals surface area contributed by atoms with Crippen LogP contribution >= 0.6 is 0 Å². The molecule has 3 rings (SSSR count). The minimum absolute atomic E-state index is 0.00327. The zero-order valence-electron chi connectivity index (χ0n) is 17.7. The summed E-state index contributed by atoms with van der Waals surface area (Å²) in [5, 5.41) is 8.78. The number of rotatable bonds is 5. The van der Waals surface area contributed by atoms with Gasteiger partial charge in [0, 0.05) is 13.1 Å². The fraction of sp³-hybridized carbons (Fsp3) is 0.304. The smallest absolute Gasteiger partial charge is 0.416 e. The van der Waals surface area contributed by atoms with E-state index >= 15 is 0 Å². The van der Waals surface area contributed by atoms with Crippen LogP contribution in [0.4, 0.5) is 31.1 Å². The van der Waals surface area contributed by atoms with Gasteiger partial charge in [0.05, 0.1) is 17.2 Å². The van der Waals surface area contributed by atoms with E-state index in [9.17, 15) is 35.9 Å². The number of carbonyl (C=O) groups is 2. The van der Waals surface area contributed by atoms with E-state index in [2.05, 4.69) is 0 Å². The lowest BCUT2D eigenvalue weighted by atomic mass is 10.0. The quantitative estimate of drug-likeness (QED) is 0.410. The maximum atomic E-state index is 13.0. The number of ether oxygens (including phenoxy) is 1. The summed E-state index contributed by atoms with van der Waals surface area (Å²) in [4.78, 5) is 24.5. The summed E-state index contributed by atoms with van der Waals surface area (Å²) < 4.78 is 83.1. The summed E-state index contributed by atoms with van der Waals surface area (Å²) in [5.41, 5.74) is -1.15. The van der Waals surface area contributed by atoms with Crippen LogP contribution in [0, 0.1) is 0 Å². The van der Waals surface area contributed by atoms with Crippen molar-refractivity contribution in [3.63, 3.8) is 0 Å². The number of aryl methyl sites for hydroxylation is 1. The van der Waals surface area contributed by atoms with Crippen LogP contribution < -0.4 is 0 Å². The minimum Gasteiger partial charge on any atom is -0.478 e. The molecule has 0 aliphatic heterocycles. The Bertz CT molecular complexity index is 1090. The van der Waals surface area contributed by atoms with E-state index in [1.165, 1.54) is 18.0 Å². The summed E-state index contributed by atoms with van der Waals surface area (Å²) in [5.74, 6) is -1.12. The normalized spacial score (nSPS) is 15.9. The topological polar surface area (TPSA) is 66.8 Å². The number of hydrogen-bond acceptors (Lipinski definition) is 3. The molecule has 0 spiro atoms. The Labute approximate surface area is 190 Å². The Morgan fingerprint density at radius 1 is 1.06 bits per heavy atom. The van der Waals surface area contributed by atoms with Crippen molar-refractivity contribution >= 4 is 18.1 Å². The van der Waals surface area contributed by atoms with Crippen molar-refractivity contribution < 1.29 is 45.8 Å². The van der Waals surface area contributed by atoms with Gasteiger partial charge in [-0.25, -0.2) is 9.59 Å². The van der Waals surface area contributed by atoms with Gasteiger partial charge in [-0.15, -0.1) is 0 Å². The molecular formula is C23H19F6NO4. The third-order valence-corrected chi connectivity index (χ3v) is 5.40. The Hall–Kier alpha value is -3.50. The second-order valence-corrected chi connectivity index (χ2v) is 7.76. The molecule has 2 aromatic rings. The minimum atomic E-state index is -5.00. The van der Waals surface area contributed by atoms with Crippen molar-refractivity contribution in [3.05, 3.63) is 75.9 Å². The predicted molar refractivity (Wildman–Crippen MR) is 109 cm³/mol. The van der Waals surface area contributed by atoms with E-state index < -0.39 is 53.8 Å². The molecule has 1 atom stereocenters. The molecule has 1 aliphatic rings. The number of alkyl halides is 6. The molecule has 0 heterocycles. The highest BCUT2D eigenvalue weighted by Crippen LogP contribution is 2.38. The van der Waals surface area contributed by atoms with E-state index in [0.29, 0.717) is 30.5 Å². The van der Waals surface area contributed by atoms with Crippen LogP contribution in [0.15, 0.2) is 42.5 Å². The summed E-state index contributed by atoms with van der Waals surface area (Å²) in [7, 11) is 1.41. The molecule has 0 saturated heterocycles. The number of carboxylic acid groups (broad SMARTS) is 1.